The summed E-state index contributed by atoms with van der Waals surface area (Å²) in [6.45, 7) is 1.99. The van der Waals surface area contributed by atoms with E-state index in [1.807, 2.05) is 6.92 Å². The van der Waals surface area contributed by atoms with Crippen molar-refractivity contribution in [3.8, 4) is 11.5 Å². The molecule has 0 aromatic heterocycles. The van der Waals surface area contributed by atoms with Gasteiger partial charge in [-0.1, -0.05) is 6.92 Å². The monoisotopic (exact) mass is 165 g/mol. The molecule has 0 saturated carbocycles. The zero-order chi connectivity index (χ0) is 8.72. The molecule has 0 atom stereocenters. The average molecular weight is 165 g/mol. The molecule has 0 saturated heterocycles. The van der Waals surface area contributed by atoms with E-state index in [0.29, 0.717) is 11.5 Å². The molecule has 1 heterocycles. The number of rotatable bonds is 2. The van der Waals surface area contributed by atoms with Gasteiger partial charge in [0.2, 0.25) is 5.75 Å². The molecule has 4 heteroatoms. The molecule has 0 aliphatic carbocycles. The fourth-order valence-corrected chi connectivity index (χ4v) is 1.21. The van der Waals surface area contributed by atoms with Crippen molar-refractivity contribution >= 4 is 5.69 Å². The standard InChI is InChI=1S/C8H7NO3/c1-2-5-3-4-6(9(10)11)8-7(5)12-8/h3-4H,2H2,1H3. The van der Waals surface area contributed by atoms with Crippen LogP contribution in [0.4, 0.5) is 5.69 Å². The van der Waals surface area contributed by atoms with Crippen LogP contribution in [0.15, 0.2) is 12.1 Å². The van der Waals surface area contributed by atoms with Crippen LogP contribution in [0.5, 0.6) is 11.5 Å². The number of benzene rings is 1. The van der Waals surface area contributed by atoms with Crippen LogP contribution < -0.4 is 4.74 Å². The zero-order valence-corrected chi connectivity index (χ0v) is 6.53. The fraction of sp³-hybridized carbons (Fsp3) is 0.250. The van der Waals surface area contributed by atoms with E-state index in [9.17, 15) is 10.1 Å². The first-order valence-electron chi connectivity index (χ1n) is 3.72. The van der Waals surface area contributed by atoms with Gasteiger partial charge in [-0.05, 0) is 18.1 Å². The summed E-state index contributed by atoms with van der Waals surface area (Å²) in [6.07, 6.45) is 0.848. The largest absolute Gasteiger partial charge is 0.442 e. The van der Waals surface area contributed by atoms with Gasteiger partial charge in [0.05, 0.1) is 4.92 Å². The van der Waals surface area contributed by atoms with Gasteiger partial charge in [0, 0.05) is 6.07 Å². The molecule has 0 amide bonds. The molecular formula is C8H7NO3. The van der Waals surface area contributed by atoms with Gasteiger partial charge < -0.3 is 4.74 Å². The van der Waals surface area contributed by atoms with Crippen molar-refractivity contribution in [1.82, 2.24) is 0 Å². The van der Waals surface area contributed by atoms with E-state index in [2.05, 4.69) is 0 Å². The minimum atomic E-state index is -0.425. The Morgan fingerprint density at radius 1 is 1.50 bits per heavy atom. The summed E-state index contributed by atoms with van der Waals surface area (Å²) in [5.41, 5.74) is 1.11. The van der Waals surface area contributed by atoms with Gasteiger partial charge in [0.25, 0.3) is 0 Å². The second kappa shape index (κ2) is 2.20. The van der Waals surface area contributed by atoms with Gasteiger partial charge in [-0.3, -0.25) is 10.1 Å². The molecule has 0 unspecified atom stereocenters. The molecule has 1 aliphatic heterocycles. The molecule has 0 N–H and O–H groups in total. The predicted octanol–water partition coefficient (Wildman–Crippen LogP) is 2.26. The molecule has 0 spiro atoms. The number of hydrogen-bond acceptors (Lipinski definition) is 3. The second-order valence-corrected chi connectivity index (χ2v) is 2.61. The van der Waals surface area contributed by atoms with E-state index in [1.165, 1.54) is 6.07 Å². The van der Waals surface area contributed by atoms with Gasteiger partial charge in [0.15, 0.2) is 5.75 Å². The first-order chi connectivity index (χ1) is 5.74. The Hall–Kier alpha value is -1.58. The molecule has 1 aliphatic rings. The predicted molar refractivity (Wildman–Crippen MR) is 42.5 cm³/mol. The second-order valence-electron chi connectivity index (χ2n) is 2.61. The molecule has 1 aromatic rings. The van der Waals surface area contributed by atoms with Crippen molar-refractivity contribution in [2.45, 2.75) is 13.3 Å². The van der Waals surface area contributed by atoms with E-state index in [4.69, 9.17) is 4.74 Å². The van der Waals surface area contributed by atoms with Gasteiger partial charge >= 0.3 is 5.69 Å². The van der Waals surface area contributed by atoms with Gasteiger partial charge in [-0.25, -0.2) is 0 Å². The molecule has 12 heavy (non-hydrogen) atoms. The smallest absolute Gasteiger partial charge is 0.315 e. The highest BCUT2D eigenvalue weighted by molar-refractivity contribution is 5.70. The number of ether oxygens (including phenoxy) is 1. The van der Waals surface area contributed by atoms with E-state index in [0.717, 1.165) is 12.0 Å². The summed E-state index contributed by atoms with van der Waals surface area (Å²) in [4.78, 5) is 9.95. The number of hydrogen-bond donors (Lipinski definition) is 0. The number of aryl methyl sites for hydroxylation is 1. The highest BCUT2D eigenvalue weighted by Crippen LogP contribution is 2.54. The maximum atomic E-state index is 10.4. The molecule has 2 rings (SSSR count). The van der Waals surface area contributed by atoms with E-state index in [-0.39, 0.29) is 5.69 Å². The zero-order valence-electron chi connectivity index (χ0n) is 6.53. The Kier molecular flexibility index (Phi) is 1.30. The third-order valence-electron chi connectivity index (χ3n) is 1.91. The summed E-state index contributed by atoms with van der Waals surface area (Å²) in [6, 6.07) is 3.23. The number of nitrogens with zero attached hydrogens (tertiary/aromatic N) is 1. The number of nitro benzene ring substituents is 1. The Balaban J connectivity index is 2.48. The number of fused-ring (bicyclic) bond motifs is 1. The molecular weight excluding hydrogens is 158 g/mol. The lowest BCUT2D eigenvalue weighted by atomic mass is 10.2. The van der Waals surface area contributed by atoms with E-state index >= 15 is 0 Å². The van der Waals surface area contributed by atoms with Crippen molar-refractivity contribution in [3.05, 3.63) is 27.8 Å². The van der Waals surface area contributed by atoms with Crippen molar-refractivity contribution in [2.75, 3.05) is 0 Å². The highest BCUT2D eigenvalue weighted by atomic mass is 16.6. The quantitative estimate of drug-likeness (QED) is 0.389. The van der Waals surface area contributed by atoms with Crippen molar-refractivity contribution in [2.24, 2.45) is 0 Å². The van der Waals surface area contributed by atoms with Crippen LogP contribution in [0.25, 0.3) is 0 Å². The topological polar surface area (TPSA) is 55.7 Å². The Morgan fingerprint density at radius 3 is 2.83 bits per heavy atom. The van der Waals surface area contributed by atoms with Crippen molar-refractivity contribution < 1.29 is 9.66 Å². The molecule has 1 aromatic carbocycles. The lowest BCUT2D eigenvalue weighted by molar-refractivity contribution is -0.384. The van der Waals surface area contributed by atoms with Crippen molar-refractivity contribution in [1.29, 1.82) is 0 Å². The first-order valence-corrected chi connectivity index (χ1v) is 3.72. The first kappa shape index (κ1) is 7.09. The summed E-state index contributed by atoms with van der Waals surface area (Å²) in [7, 11) is 0. The molecule has 0 bridgehead atoms. The molecule has 62 valence electrons. The SMILES string of the molecule is CCc1ccc([N+](=O)[O-])c2c1O2. The minimum absolute atomic E-state index is 0.0715. The van der Waals surface area contributed by atoms with E-state index in [1.54, 1.807) is 6.07 Å². The number of nitro groups is 1. The normalized spacial score (nSPS) is 11.8. The highest BCUT2D eigenvalue weighted by Gasteiger charge is 2.34. The Labute approximate surface area is 68.9 Å². The lowest BCUT2D eigenvalue weighted by Gasteiger charge is -1.88. The van der Waals surface area contributed by atoms with E-state index < -0.39 is 4.92 Å². The van der Waals surface area contributed by atoms with Crippen LogP contribution in [0, 0.1) is 10.1 Å². The average Bonchev–Trinajstić information content (AvgIpc) is 2.80. The van der Waals surface area contributed by atoms with Gasteiger partial charge in [-0.15, -0.1) is 0 Å². The summed E-state index contributed by atoms with van der Waals surface area (Å²) < 4.78 is 5.01. The maximum Gasteiger partial charge on any atom is 0.315 e. The summed E-state index contributed by atoms with van der Waals surface area (Å²) >= 11 is 0. The van der Waals surface area contributed by atoms with Gasteiger partial charge in [0.1, 0.15) is 0 Å². The lowest BCUT2D eigenvalue weighted by Crippen LogP contribution is -1.84. The summed E-state index contributed by atoms with van der Waals surface area (Å²) in [5, 5.41) is 10.4. The van der Waals surface area contributed by atoms with Crippen molar-refractivity contribution in [3.63, 3.8) is 0 Å². The van der Waals surface area contributed by atoms with Crippen LogP contribution in [0.1, 0.15) is 12.5 Å². The fourth-order valence-electron chi connectivity index (χ4n) is 1.21. The van der Waals surface area contributed by atoms with Crippen LogP contribution in [-0.4, -0.2) is 4.92 Å². The minimum Gasteiger partial charge on any atom is -0.442 e. The van der Waals surface area contributed by atoms with Crippen LogP contribution in [0.2, 0.25) is 0 Å². The molecule has 4 nitrogen and oxygen atoms in total. The van der Waals surface area contributed by atoms with Crippen LogP contribution in [-0.2, 0) is 6.42 Å². The Morgan fingerprint density at radius 2 is 2.25 bits per heavy atom. The summed E-state index contributed by atoms with van der Waals surface area (Å²) in [5.74, 6) is 1.14. The Bertz CT molecular complexity index is 360. The molecule has 0 radical (unpaired) electrons. The third-order valence-corrected chi connectivity index (χ3v) is 1.91. The van der Waals surface area contributed by atoms with Crippen LogP contribution >= 0.6 is 0 Å². The third kappa shape index (κ3) is 0.845. The van der Waals surface area contributed by atoms with Gasteiger partial charge in [-0.2, -0.15) is 0 Å². The van der Waals surface area contributed by atoms with Crippen LogP contribution in [0.3, 0.4) is 0 Å². The molecule has 0 fully saturated rings. The maximum absolute atomic E-state index is 10.4.